The van der Waals surface area contributed by atoms with Crippen LogP contribution in [0.4, 0.5) is 4.39 Å². The minimum Gasteiger partial charge on any atom is -0.493 e. The zero-order valence-electron chi connectivity index (χ0n) is 13.0. The Hall–Kier alpha value is -2.85. The van der Waals surface area contributed by atoms with Crippen molar-refractivity contribution in [2.24, 2.45) is 0 Å². The second kappa shape index (κ2) is 7.15. The van der Waals surface area contributed by atoms with E-state index >= 15 is 0 Å². The molecule has 0 radical (unpaired) electrons. The van der Waals surface area contributed by atoms with E-state index in [1.807, 2.05) is 0 Å². The Bertz CT molecular complexity index is 913. The van der Waals surface area contributed by atoms with Gasteiger partial charge in [0.1, 0.15) is 16.8 Å². The van der Waals surface area contributed by atoms with Gasteiger partial charge in [-0.2, -0.15) is 5.26 Å². The predicted octanol–water partition coefficient (Wildman–Crippen LogP) is 3.18. The maximum absolute atomic E-state index is 13.0. The van der Waals surface area contributed by atoms with Gasteiger partial charge in [0.15, 0.2) is 11.5 Å². The summed E-state index contributed by atoms with van der Waals surface area (Å²) in [5, 5.41) is 9.24. The Labute approximate surface area is 139 Å². The first kappa shape index (κ1) is 17.5. The van der Waals surface area contributed by atoms with Crippen LogP contribution in [0.3, 0.4) is 0 Å². The lowest BCUT2D eigenvalue weighted by Gasteiger charge is -2.08. The highest BCUT2D eigenvalue weighted by Crippen LogP contribution is 2.29. The van der Waals surface area contributed by atoms with Crippen molar-refractivity contribution in [3.8, 4) is 17.6 Å². The van der Waals surface area contributed by atoms with E-state index in [0.29, 0.717) is 17.1 Å². The van der Waals surface area contributed by atoms with Gasteiger partial charge in [-0.3, -0.25) is 0 Å². The Morgan fingerprint density at radius 3 is 2.25 bits per heavy atom. The van der Waals surface area contributed by atoms with Crippen LogP contribution in [-0.4, -0.2) is 22.6 Å². The van der Waals surface area contributed by atoms with Crippen LogP contribution < -0.4 is 9.47 Å². The molecule has 0 aliphatic carbocycles. The Morgan fingerprint density at radius 1 is 1.08 bits per heavy atom. The highest BCUT2D eigenvalue weighted by Gasteiger charge is 2.21. The molecule has 0 unspecified atom stereocenters. The Kier molecular flexibility index (Phi) is 5.21. The second-order valence-corrected chi connectivity index (χ2v) is 6.61. The fourth-order valence-corrected chi connectivity index (χ4v) is 3.16. The molecule has 2 aromatic carbocycles. The maximum atomic E-state index is 13.0. The molecule has 0 saturated carbocycles. The fourth-order valence-electron chi connectivity index (χ4n) is 2.00. The van der Waals surface area contributed by atoms with Crippen molar-refractivity contribution in [3.05, 3.63) is 58.8 Å². The summed E-state index contributed by atoms with van der Waals surface area (Å²) in [4.78, 5) is -0.612. The molecular formula is C17H14FNO4S. The molecule has 0 amide bonds. The molecule has 5 nitrogen and oxygen atoms in total. The highest BCUT2D eigenvalue weighted by atomic mass is 32.2. The lowest BCUT2D eigenvalue weighted by Crippen LogP contribution is -2.03. The predicted molar refractivity (Wildman–Crippen MR) is 86.7 cm³/mol. The number of hydrogen-bond acceptors (Lipinski definition) is 5. The number of rotatable bonds is 5. The summed E-state index contributed by atoms with van der Waals surface area (Å²) < 4.78 is 48.2. The van der Waals surface area contributed by atoms with Crippen molar-refractivity contribution >= 4 is 15.9 Å². The number of nitriles is 1. The number of halogens is 1. The van der Waals surface area contributed by atoms with Crippen molar-refractivity contribution in [2.75, 3.05) is 14.2 Å². The lowest BCUT2D eigenvalue weighted by atomic mass is 10.2. The topological polar surface area (TPSA) is 76.4 Å². The van der Waals surface area contributed by atoms with Gasteiger partial charge in [0.2, 0.25) is 9.84 Å². The number of nitrogens with zero attached hydrogens (tertiary/aromatic N) is 1. The van der Waals surface area contributed by atoms with Crippen LogP contribution in [0.1, 0.15) is 5.56 Å². The van der Waals surface area contributed by atoms with E-state index in [9.17, 15) is 18.1 Å². The summed E-state index contributed by atoms with van der Waals surface area (Å²) in [5.74, 6) is 0.327. The van der Waals surface area contributed by atoms with E-state index in [1.165, 1.54) is 20.3 Å². The molecule has 0 heterocycles. The zero-order valence-corrected chi connectivity index (χ0v) is 13.8. The first-order valence-corrected chi connectivity index (χ1v) is 8.25. The van der Waals surface area contributed by atoms with Crippen molar-refractivity contribution in [1.82, 2.24) is 0 Å². The van der Waals surface area contributed by atoms with Crippen LogP contribution in [0.5, 0.6) is 11.5 Å². The standard InChI is InChI=1S/C17H14FNO4S/c1-22-16-8-3-12(10-17(16)23-2)9-15(11-19)24(20,21)14-6-4-13(18)5-7-14/h3-10H,1-2H3. The number of allylic oxidation sites excluding steroid dienone is 1. The number of sulfone groups is 1. The average Bonchev–Trinajstić information content (AvgIpc) is 2.59. The largest absolute Gasteiger partial charge is 0.493 e. The molecule has 0 bridgehead atoms. The molecular weight excluding hydrogens is 333 g/mol. The van der Waals surface area contributed by atoms with E-state index in [2.05, 4.69) is 0 Å². The molecule has 0 fully saturated rings. The molecule has 24 heavy (non-hydrogen) atoms. The first-order chi connectivity index (χ1) is 11.4. The third kappa shape index (κ3) is 3.55. The number of methoxy groups -OCH3 is 2. The summed E-state index contributed by atoms with van der Waals surface area (Å²) in [6, 6.07) is 10.7. The average molecular weight is 347 g/mol. The quantitative estimate of drug-likeness (QED) is 0.613. The maximum Gasteiger partial charge on any atom is 0.216 e. The molecule has 0 aliphatic rings. The van der Waals surface area contributed by atoms with Crippen molar-refractivity contribution < 1.29 is 22.3 Å². The number of benzene rings is 2. The van der Waals surface area contributed by atoms with E-state index < -0.39 is 20.6 Å². The summed E-state index contributed by atoms with van der Waals surface area (Å²) in [6.45, 7) is 0. The molecule has 124 valence electrons. The van der Waals surface area contributed by atoms with E-state index in [1.54, 1.807) is 24.3 Å². The number of hydrogen-bond donors (Lipinski definition) is 0. The highest BCUT2D eigenvalue weighted by molar-refractivity contribution is 7.95. The van der Waals surface area contributed by atoms with Gasteiger partial charge in [0.05, 0.1) is 19.1 Å². The van der Waals surface area contributed by atoms with Crippen LogP contribution >= 0.6 is 0 Å². The van der Waals surface area contributed by atoms with E-state index in [-0.39, 0.29) is 4.90 Å². The smallest absolute Gasteiger partial charge is 0.216 e. The van der Waals surface area contributed by atoms with Crippen LogP contribution in [-0.2, 0) is 9.84 Å². The fraction of sp³-hybridized carbons (Fsp3) is 0.118. The molecule has 0 atom stereocenters. The van der Waals surface area contributed by atoms with Gasteiger partial charge in [-0.1, -0.05) is 6.07 Å². The SMILES string of the molecule is COc1ccc(C=C(C#N)S(=O)(=O)c2ccc(F)cc2)cc1OC. The van der Waals surface area contributed by atoms with Crippen LogP contribution in [0.15, 0.2) is 52.3 Å². The Balaban J connectivity index is 2.49. The van der Waals surface area contributed by atoms with Crippen LogP contribution in [0, 0.1) is 17.1 Å². The monoisotopic (exact) mass is 347 g/mol. The molecule has 2 aromatic rings. The molecule has 0 aromatic heterocycles. The third-order valence-electron chi connectivity index (χ3n) is 3.23. The van der Waals surface area contributed by atoms with E-state index in [4.69, 9.17) is 9.47 Å². The van der Waals surface area contributed by atoms with E-state index in [0.717, 1.165) is 24.3 Å². The normalized spacial score (nSPS) is 11.7. The van der Waals surface area contributed by atoms with Gasteiger partial charge in [-0.15, -0.1) is 0 Å². The number of ether oxygens (including phenoxy) is 2. The summed E-state index contributed by atoms with van der Waals surface area (Å²) in [7, 11) is -1.11. The van der Waals surface area contributed by atoms with Gasteiger partial charge in [-0.25, -0.2) is 12.8 Å². The van der Waals surface area contributed by atoms with Crippen LogP contribution in [0.2, 0.25) is 0 Å². The molecule has 0 N–H and O–H groups in total. The Morgan fingerprint density at radius 2 is 1.71 bits per heavy atom. The molecule has 2 rings (SSSR count). The third-order valence-corrected chi connectivity index (χ3v) is 4.91. The van der Waals surface area contributed by atoms with Gasteiger partial charge in [0.25, 0.3) is 0 Å². The summed E-state index contributed by atoms with van der Waals surface area (Å²) in [6.07, 6.45) is 1.22. The summed E-state index contributed by atoms with van der Waals surface area (Å²) in [5.41, 5.74) is 0.454. The van der Waals surface area contributed by atoms with Crippen molar-refractivity contribution in [2.45, 2.75) is 4.90 Å². The first-order valence-electron chi connectivity index (χ1n) is 6.77. The molecule has 0 aliphatic heterocycles. The molecule has 0 spiro atoms. The van der Waals surface area contributed by atoms with Gasteiger partial charge in [-0.05, 0) is 48.0 Å². The van der Waals surface area contributed by atoms with Gasteiger partial charge >= 0.3 is 0 Å². The van der Waals surface area contributed by atoms with Gasteiger partial charge in [0, 0.05) is 0 Å². The molecule has 0 saturated heterocycles. The van der Waals surface area contributed by atoms with Crippen LogP contribution in [0.25, 0.3) is 6.08 Å². The minimum atomic E-state index is -4.04. The van der Waals surface area contributed by atoms with Gasteiger partial charge < -0.3 is 9.47 Å². The summed E-state index contributed by atoms with van der Waals surface area (Å²) >= 11 is 0. The van der Waals surface area contributed by atoms with Crippen molar-refractivity contribution in [3.63, 3.8) is 0 Å². The second-order valence-electron chi connectivity index (χ2n) is 4.69. The molecule has 7 heteroatoms. The minimum absolute atomic E-state index is 0.155. The van der Waals surface area contributed by atoms with Crippen molar-refractivity contribution in [1.29, 1.82) is 5.26 Å². The lowest BCUT2D eigenvalue weighted by molar-refractivity contribution is 0.355. The zero-order chi connectivity index (χ0) is 17.7.